The highest BCUT2D eigenvalue weighted by Gasteiger charge is 2.60. The minimum absolute atomic E-state index is 0.374. The van der Waals surface area contributed by atoms with Crippen molar-refractivity contribution in [3.05, 3.63) is 84.9 Å². The Morgan fingerprint density at radius 1 is 0.382 bits per heavy atom. The third kappa shape index (κ3) is 17.8. The van der Waals surface area contributed by atoms with E-state index >= 15 is 0 Å². The van der Waals surface area contributed by atoms with Gasteiger partial charge in [0.1, 0.15) is 32.8 Å². The molecule has 0 bridgehead atoms. The van der Waals surface area contributed by atoms with Crippen molar-refractivity contribution in [2.45, 2.75) is 57.8 Å². The van der Waals surface area contributed by atoms with Gasteiger partial charge in [-0.25, -0.2) is 16.8 Å². The minimum atomic E-state index is -5.27. The van der Waals surface area contributed by atoms with Crippen LogP contribution in [0.15, 0.2) is 94.7 Å². The van der Waals surface area contributed by atoms with Gasteiger partial charge in [0, 0.05) is 85.1 Å². The molecule has 4 aromatic rings. The quantitative estimate of drug-likeness (QED) is 0.0621. The van der Waals surface area contributed by atoms with Gasteiger partial charge in [0.25, 0.3) is 18.1 Å². The lowest BCUT2D eigenvalue weighted by Gasteiger charge is -2.23. The summed E-state index contributed by atoms with van der Waals surface area (Å²) in [6.45, 7) is 0. The first-order valence-corrected chi connectivity index (χ1v) is 25.2. The summed E-state index contributed by atoms with van der Waals surface area (Å²) in [4.78, 5) is -21.6. The summed E-state index contributed by atoms with van der Waals surface area (Å²) in [6.07, 6.45) is -20.1. The van der Waals surface area contributed by atoms with Crippen LogP contribution < -0.4 is 18.9 Å². The molecule has 4 aromatic carbocycles. The Bertz CT molecular complexity index is 2410. The van der Waals surface area contributed by atoms with Crippen molar-refractivity contribution in [2.75, 3.05) is 0 Å². The van der Waals surface area contributed by atoms with Gasteiger partial charge in [-0.3, -0.25) is 0 Å². The van der Waals surface area contributed by atoms with Gasteiger partial charge < -0.3 is 18.9 Å². The number of hydrogen-bond donors (Lipinski definition) is 0. The predicted octanol–water partition coefficient (Wildman–Crippen LogP) is 16.4. The van der Waals surface area contributed by atoms with E-state index in [2.05, 4.69) is 18.9 Å². The SMILES string of the molecule is ClC(Cl)Cl.FC(F)(Br)C(F)(F)Oc1ccc(-c2ccc(OC(F)(F)C(F)(F)Br)cc2)cc1.O=S(=O)(Cl)c1cc(-c2ccc(OC(F)(F)C(F)(F)Br)c(S(=O)(=O)Cl)c2)ccc1OC(F)(F)C(F)(F)Br. The molecule has 0 unspecified atom stereocenters. The Labute approximate surface area is 428 Å². The molecule has 0 amide bonds. The number of rotatable bonds is 16. The van der Waals surface area contributed by atoms with Crippen LogP contribution in [0.4, 0.5) is 70.2 Å². The molecule has 4 rings (SSSR count). The second kappa shape index (κ2) is 22.6. The molecule has 0 spiro atoms. The summed E-state index contributed by atoms with van der Waals surface area (Å²) in [7, 11) is 0.382. The Morgan fingerprint density at radius 2 is 0.588 bits per heavy atom. The van der Waals surface area contributed by atoms with Crippen molar-refractivity contribution in [1.29, 1.82) is 0 Å². The summed E-state index contributed by atoms with van der Waals surface area (Å²) in [5.74, 6) is -3.79. The predicted molar refractivity (Wildman–Crippen MR) is 229 cm³/mol. The van der Waals surface area contributed by atoms with Crippen LogP contribution in [0.5, 0.6) is 23.0 Å². The van der Waals surface area contributed by atoms with E-state index in [0.717, 1.165) is 36.4 Å². The summed E-state index contributed by atoms with van der Waals surface area (Å²) in [5.41, 5.74) is 0.0122. The molecule has 8 nitrogen and oxygen atoms in total. The van der Waals surface area contributed by atoms with Gasteiger partial charge >= 0.3 is 43.8 Å². The molecule has 0 atom stereocenters. The number of hydrogen-bond acceptors (Lipinski definition) is 8. The highest BCUT2D eigenvalue weighted by molar-refractivity contribution is 9.10. The van der Waals surface area contributed by atoms with Gasteiger partial charge in [0.15, 0.2) is 4.30 Å². The zero-order chi connectivity index (χ0) is 53.1. The molecule has 35 heteroatoms. The average molecular weight is 1400 g/mol. The Balaban J connectivity index is 0.000000443. The van der Waals surface area contributed by atoms with E-state index in [0.29, 0.717) is 35.4 Å². The standard InChI is InChI=1S/C16H6Br2Cl2F8O6S2.C16H8Br2F8O2.CHCl3/c17-13(21,22)15(25,26)33-9-3-1-7(5-11(9)35(19,29)30)8-2-4-10(12(6-8)36(20,31)32)34-16(27,28)14(18,23)24;17-13(19,20)15(23,24)27-11-5-1-9(2-6-11)10-3-7-12(8-4-10)28-16(25,26)14(18,21)22;2-1(3)4/h1-6H;1-8H;1H. The molecule has 0 aliphatic heterocycles. The average Bonchev–Trinajstić information content (AvgIpc) is 3.13. The molecule has 0 radical (unpaired) electrons. The molecule has 0 aliphatic carbocycles. The van der Waals surface area contributed by atoms with Crippen molar-refractivity contribution >= 4 is 138 Å². The Morgan fingerprint density at radius 3 is 0.794 bits per heavy atom. The van der Waals surface area contributed by atoms with Gasteiger partial charge in [-0.2, -0.15) is 70.2 Å². The van der Waals surface area contributed by atoms with Crippen LogP contribution in [0.1, 0.15) is 0 Å². The maximum absolute atomic E-state index is 13.6. The first kappa shape index (κ1) is 62.3. The lowest BCUT2D eigenvalue weighted by molar-refractivity contribution is -0.267. The fourth-order valence-electron chi connectivity index (χ4n) is 4.16. The summed E-state index contributed by atoms with van der Waals surface area (Å²) in [5, 5.41) is 0. The van der Waals surface area contributed by atoms with Crippen LogP contribution in [0.3, 0.4) is 0 Å². The molecule has 0 saturated carbocycles. The first-order valence-electron chi connectivity index (χ1n) is 16.1. The van der Waals surface area contributed by atoms with Gasteiger partial charge in [-0.05, 0) is 70.8 Å². The van der Waals surface area contributed by atoms with E-state index in [1.807, 2.05) is 0 Å². The lowest BCUT2D eigenvalue weighted by Crippen LogP contribution is -2.40. The lowest BCUT2D eigenvalue weighted by atomic mass is 10.1. The van der Waals surface area contributed by atoms with E-state index in [4.69, 9.17) is 56.2 Å². The third-order valence-electron chi connectivity index (χ3n) is 7.08. The molecule has 0 N–H and O–H groups in total. The van der Waals surface area contributed by atoms with Crippen LogP contribution in [-0.2, 0) is 18.1 Å². The van der Waals surface area contributed by atoms with Crippen molar-refractivity contribution in [2.24, 2.45) is 0 Å². The van der Waals surface area contributed by atoms with Crippen LogP contribution >= 0.6 is 120 Å². The fourth-order valence-corrected chi connectivity index (χ4v) is 6.44. The minimum Gasteiger partial charge on any atom is -0.427 e. The molecule has 0 saturated heterocycles. The summed E-state index contributed by atoms with van der Waals surface area (Å²) >= 11 is 20.2. The second-order valence-corrected chi connectivity index (χ2v) is 23.0. The van der Waals surface area contributed by atoms with E-state index in [1.165, 1.54) is 88.0 Å². The number of halogens is 25. The zero-order valence-corrected chi connectivity index (χ0v) is 42.9. The zero-order valence-electron chi connectivity index (χ0n) is 31.2. The van der Waals surface area contributed by atoms with Crippen molar-refractivity contribution < 1.29 is 106 Å². The smallest absolute Gasteiger partial charge is 0.427 e. The molecular weight excluding hydrogens is 1390 g/mol. The largest absolute Gasteiger partial charge is 0.475 e. The van der Waals surface area contributed by atoms with Crippen molar-refractivity contribution in [3.8, 4) is 45.3 Å². The van der Waals surface area contributed by atoms with E-state index in [9.17, 15) is 87.1 Å². The van der Waals surface area contributed by atoms with Gasteiger partial charge in [0.2, 0.25) is 0 Å². The third-order valence-corrected chi connectivity index (χ3v) is 11.6. The highest BCUT2D eigenvalue weighted by atomic mass is 79.9. The highest BCUT2D eigenvalue weighted by Crippen LogP contribution is 2.47. The van der Waals surface area contributed by atoms with Crippen LogP contribution in [0.25, 0.3) is 22.3 Å². The Hall–Kier alpha value is -1.77. The van der Waals surface area contributed by atoms with Crippen molar-refractivity contribution in [1.82, 2.24) is 0 Å². The summed E-state index contributed by atoms with van der Waals surface area (Å²) < 4.78 is 272. The maximum atomic E-state index is 13.6. The van der Waals surface area contributed by atoms with Crippen LogP contribution in [-0.4, -0.2) is 64.9 Å². The topological polar surface area (TPSA) is 105 Å². The number of ether oxygens (including phenoxy) is 4. The van der Waals surface area contributed by atoms with E-state index in [-0.39, 0.29) is 11.1 Å². The summed E-state index contributed by atoms with van der Waals surface area (Å²) in [6, 6.07) is 12.4. The molecular formula is C33H15Br4Cl5F16O8S2. The number of alkyl halides is 23. The maximum Gasteiger partial charge on any atom is 0.475 e. The van der Waals surface area contributed by atoms with E-state index in [1.54, 1.807) is 0 Å². The molecule has 0 aliphatic rings. The second-order valence-electron chi connectivity index (χ2n) is 12.0. The Kier molecular flexibility index (Phi) is 20.7. The monoisotopic (exact) mass is 1400 g/mol. The van der Waals surface area contributed by atoms with Crippen LogP contribution in [0, 0.1) is 0 Å². The van der Waals surface area contributed by atoms with Gasteiger partial charge in [0.05, 0.1) is 0 Å². The van der Waals surface area contributed by atoms with Gasteiger partial charge in [-0.1, -0.05) is 71.2 Å². The number of benzene rings is 4. The molecule has 382 valence electrons. The molecule has 0 aromatic heterocycles. The van der Waals surface area contributed by atoms with E-state index < -0.39 is 98.9 Å². The first-order chi connectivity index (χ1) is 30.2. The van der Waals surface area contributed by atoms with Crippen LogP contribution in [0.2, 0.25) is 0 Å². The molecule has 0 fully saturated rings. The fraction of sp³-hybridized carbons (Fsp3) is 0.273. The van der Waals surface area contributed by atoms with Crippen molar-refractivity contribution in [3.63, 3.8) is 0 Å². The molecule has 0 heterocycles. The van der Waals surface area contributed by atoms with Gasteiger partial charge in [-0.15, -0.1) is 0 Å². The molecule has 68 heavy (non-hydrogen) atoms. The normalized spacial score (nSPS) is 13.4.